The summed E-state index contributed by atoms with van der Waals surface area (Å²) in [6.45, 7) is 3.62. The van der Waals surface area contributed by atoms with Crippen molar-refractivity contribution in [1.82, 2.24) is 4.90 Å². The third kappa shape index (κ3) is 5.47. The van der Waals surface area contributed by atoms with E-state index in [1.54, 1.807) is 29.2 Å². The summed E-state index contributed by atoms with van der Waals surface area (Å²) in [4.78, 5) is 26.6. The fourth-order valence-corrected chi connectivity index (χ4v) is 3.17. The molecule has 154 valence electrons. The number of hydrogen-bond acceptors (Lipinski definition) is 4. The van der Waals surface area contributed by atoms with Crippen LogP contribution in [-0.4, -0.2) is 43.0 Å². The van der Waals surface area contributed by atoms with Crippen LogP contribution in [0.25, 0.3) is 0 Å². The van der Waals surface area contributed by atoms with Gasteiger partial charge in [-0.1, -0.05) is 12.1 Å². The highest BCUT2D eigenvalue weighted by atomic mass is 19.1. The smallest absolute Gasteiger partial charge is 0.260 e. The Kier molecular flexibility index (Phi) is 7.05. The predicted octanol–water partition coefficient (Wildman–Crippen LogP) is 3.87. The van der Waals surface area contributed by atoms with E-state index in [1.165, 1.54) is 18.2 Å². The van der Waals surface area contributed by atoms with Crippen LogP contribution in [0.5, 0.6) is 11.5 Å². The van der Waals surface area contributed by atoms with Gasteiger partial charge in [0.25, 0.3) is 11.8 Å². The molecule has 2 aromatic carbocycles. The van der Waals surface area contributed by atoms with Gasteiger partial charge in [0.2, 0.25) is 0 Å². The Morgan fingerprint density at radius 1 is 1.03 bits per heavy atom. The zero-order chi connectivity index (χ0) is 20.6. The van der Waals surface area contributed by atoms with Crippen LogP contribution in [0, 0.1) is 5.82 Å². The first-order valence-electron chi connectivity index (χ1n) is 9.81. The Morgan fingerprint density at radius 3 is 2.52 bits per heavy atom. The quantitative estimate of drug-likeness (QED) is 0.766. The van der Waals surface area contributed by atoms with Gasteiger partial charge in [-0.25, -0.2) is 4.39 Å². The first kappa shape index (κ1) is 20.6. The van der Waals surface area contributed by atoms with E-state index in [4.69, 9.17) is 9.47 Å². The molecule has 0 aromatic heterocycles. The number of para-hydroxylation sites is 1. The summed E-state index contributed by atoms with van der Waals surface area (Å²) in [5, 5.41) is 2.54. The molecular formula is C22H25FN2O4. The number of nitrogens with one attached hydrogen (secondary N) is 1. The number of likely N-dealkylation sites (tertiary alicyclic amines) is 1. The Morgan fingerprint density at radius 2 is 1.79 bits per heavy atom. The minimum absolute atomic E-state index is 0.0616. The molecule has 0 atom stereocenters. The summed E-state index contributed by atoms with van der Waals surface area (Å²) in [5.74, 6) is -0.289. The lowest BCUT2D eigenvalue weighted by atomic mass is 10.1. The van der Waals surface area contributed by atoms with Crippen LogP contribution in [-0.2, 0) is 4.79 Å². The molecule has 0 saturated carbocycles. The molecule has 0 aliphatic carbocycles. The van der Waals surface area contributed by atoms with E-state index >= 15 is 0 Å². The molecule has 2 amide bonds. The molecule has 0 bridgehead atoms. The molecule has 1 fully saturated rings. The molecule has 0 spiro atoms. The maximum Gasteiger partial charge on any atom is 0.260 e. The van der Waals surface area contributed by atoms with Crippen LogP contribution < -0.4 is 14.8 Å². The molecular weight excluding hydrogens is 375 g/mol. The van der Waals surface area contributed by atoms with E-state index in [-0.39, 0.29) is 18.2 Å². The van der Waals surface area contributed by atoms with E-state index < -0.39 is 11.7 Å². The molecule has 2 aromatic rings. The Balaban J connectivity index is 1.68. The number of piperidine rings is 1. The highest BCUT2D eigenvalue weighted by Gasteiger charge is 2.18. The van der Waals surface area contributed by atoms with Crippen molar-refractivity contribution in [3.8, 4) is 11.5 Å². The maximum atomic E-state index is 13.8. The summed E-state index contributed by atoms with van der Waals surface area (Å²) < 4.78 is 25.0. The van der Waals surface area contributed by atoms with Crippen molar-refractivity contribution in [2.75, 3.05) is 31.6 Å². The van der Waals surface area contributed by atoms with Crippen LogP contribution >= 0.6 is 0 Å². The summed E-state index contributed by atoms with van der Waals surface area (Å²) >= 11 is 0. The second kappa shape index (κ2) is 9.91. The van der Waals surface area contributed by atoms with Gasteiger partial charge >= 0.3 is 0 Å². The molecule has 1 saturated heterocycles. The van der Waals surface area contributed by atoms with Crippen molar-refractivity contribution in [3.63, 3.8) is 0 Å². The largest absolute Gasteiger partial charge is 0.490 e. The lowest BCUT2D eigenvalue weighted by Gasteiger charge is -2.26. The number of benzene rings is 2. The Hall–Kier alpha value is -3.09. The molecule has 29 heavy (non-hydrogen) atoms. The van der Waals surface area contributed by atoms with E-state index in [1.807, 2.05) is 6.92 Å². The van der Waals surface area contributed by atoms with Gasteiger partial charge in [-0.15, -0.1) is 0 Å². The molecule has 7 heteroatoms. The highest BCUT2D eigenvalue weighted by Crippen LogP contribution is 2.29. The molecule has 1 heterocycles. The van der Waals surface area contributed by atoms with E-state index in [0.29, 0.717) is 23.7 Å². The topological polar surface area (TPSA) is 67.9 Å². The monoisotopic (exact) mass is 400 g/mol. The number of anilines is 1. The van der Waals surface area contributed by atoms with Crippen LogP contribution in [0.4, 0.5) is 10.1 Å². The molecule has 3 rings (SSSR count). The third-order valence-electron chi connectivity index (χ3n) is 4.69. The first-order chi connectivity index (χ1) is 14.1. The van der Waals surface area contributed by atoms with Crippen LogP contribution in [0.2, 0.25) is 0 Å². The lowest BCUT2D eigenvalue weighted by molar-refractivity contribution is -0.134. The normalized spacial score (nSPS) is 13.7. The number of carbonyl (C=O) groups is 2. The average molecular weight is 400 g/mol. The number of rotatable bonds is 7. The zero-order valence-electron chi connectivity index (χ0n) is 16.4. The molecule has 1 aliphatic heterocycles. The number of hydrogen-bond donors (Lipinski definition) is 1. The van der Waals surface area contributed by atoms with Crippen molar-refractivity contribution in [2.45, 2.75) is 26.2 Å². The average Bonchev–Trinajstić information content (AvgIpc) is 2.75. The van der Waals surface area contributed by atoms with Crippen LogP contribution in [0.15, 0.2) is 42.5 Å². The van der Waals surface area contributed by atoms with Gasteiger partial charge < -0.3 is 19.7 Å². The fraction of sp³-hybridized carbons (Fsp3) is 0.364. The minimum atomic E-state index is -0.512. The first-order valence-corrected chi connectivity index (χ1v) is 9.81. The fourth-order valence-electron chi connectivity index (χ4n) is 3.17. The Labute approximate surface area is 169 Å². The van der Waals surface area contributed by atoms with Crippen molar-refractivity contribution in [1.29, 1.82) is 0 Å². The van der Waals surface area contributed by atoms with Crippen LogP contribution in [0.1, 0.15) is 36.5 Å². The van der Waals surface area contributed by atoms with Gasteiger partial charge in [0, 0.05) is 18.7 Å². The van der Waals surface area contributed by atoms with Crippen molar-refractivity contribution in [2.24, 2.45) is 0 Å². The van der Waals surface area contributed by atoms with Gasteiger partial charge in [-0.3, -0.25) is 9.59 Å². The van der Waals surface area contributed by atoms with Gasteiger partial charge in [0.15, 0.2) is 18.1 Å². The Bertz CT molecular complexity index is 866. The number of nitrogens with zero attached hydrogens (tertiary/aromatic N) is 1. The van der Waals surface area contributed by atoms with E-state index in [2.05, 4.69) is 5.32 Å². The number of ether oxygens (including phenoxy) is 2. The van der Waals surface area contributed by atoms with Crippen molar-refractivity contribution in [3.05, 3.63) is 53.8 Å². The maximum absolute atomic E-state index is 13.8. The second-order valence-electron chi connectivity index (χ2n) is 6.76. The predicted molar refractivity (Wildman–Crippen MR) is 108 cm³/mol. The SMILES string of the molecule is CCOc1cc(C(=O)Nc2ccccc2F)ccc1OCC(=O)N1CCCCC1. The third-order valence-corrected chi connectivity index (χ3v) is 4.69. The van der Waals surface area contributed by atoms with Crippen molar-refractivity contribution >= 4 is 17.5 Å². The van der Waals surface area contributed by atoms with Crippen LogP contribution in [0.3, 0.4) is 0 Å². The van der Waals surface area contributed by atoms with Gasteiger partial charge in [0.05, 0.1) is 12.3 Å². The number of amides is 2. The van der Waals surface area contributed by atoms with Gasteiger partial charge in [-0.05, 0) is 56.5 Å². The molecule has 0 radical (unpaired) electrons. The molecule has 1 N–H and O–H groups in total. The zero-order valence-corrected chi connectivity index (χ0v) is 16.4. The standard InChI is InChI=1S/C22H25FN2O4/c1-2-28-20-14-16(22(27)24-18-9-5-4-8-17(18)23)10-11-19(20)29-15-21(26)25-12-6-3-7-13-25/h4-5,8-11,14H,2-3,6-7,12-13,15H2,1H3,(H,24,27). The van der Waals surface area contributed by atoms with E-state index in [0.717, 1.165) is 32.4 Å². The summed E-state index contributed by atoms with van der Waals surface area (Å²) in [6, 6.07) is 10.6. The minimum Gasteiger partial charge on any atom is -0.490 e. The lowest BCUT2D eigenvalue weighted by Crippen LogP contribution is -2.38. The summed E-state index contributed by atoms with van der Waals surface area (Å²) in [6.07, 6.45) is 3.18. The molecule has 1 aliphatic rings. The second-order valence-corrected chi connectivity index (χ2v) is 6.76. The number of halogens is 1. The van der Waals surface area contributed by atoms with E-state index in [9.17, 15) is 14.0 Å². The highest BCUT2D eigenvalue weighted by molar-refractivity contribution is 6.04. The van der Waals surface area contributed by atoms with Gasteiger partial charge in [-0.2, -0.15) is 0 Å². The van der Waals surface area contributed by atoms with Crippen molar-refractivity contribution < 1.29 is 23.5 Å². The summed E-state index contributed by atoms with van der Waals surface area (Å²) in [5.41, 5.74) is 0.398. The summed E-state index contributed by atoms with van der Waals surface area (Å²) in [7, 11) is 0. The number of carbonyl (C=O) groups excluding carboxylic acids is 2. The molecule has 6 nitrogen and oxygen atoms in total. The molecule has 0 unspecified atom stereocenters. The van der Waals surface area contributed by atoms with Gasteiger partial charge in [0.1, 0.15) is 5.82 Å².